The maximum atomic E-state index is 10.8. The number of benzene rings is 8. The molecule has 0 saturated heterocycles. The first-order valence-corrected chi connectivity index (χ1v) is 20.0. The summed E-state index contributed by atoms with van der Waals surface area (Å²) in [6, 6.07) is 63.8. The summed E-state index contributed by atoms with van der Waals surface area (Å²) in [5, 5.41) is 17.3. The number of nitriles is 1. The Kier molecular flexibility index (Phi) is 7.52. The molecular weight excluding hydrogens is 749 g/mol. The lowest BCUT2D eigenvalue weighted by Crippen LogP contribution is -2.01. The number of hydrogen-bond acceptors (Lipinski definition) is 4. The van der Waals surface area contributed by atoms with Gasteiger partial charge in [0.2, 0.25) is 5.69 Å². The van der Waals surface area contributed by atoms with E-state index in [0.29, 0.717) is 34.0 Å². The van der Waals surface area contributed by atoms with Crippen molar-refractivity contribution in [2.75, 3.05) is 0 Å². The molecule has 12 aromatic rings. The predicted octanol–water partition coefficient (Wildman–Crippen LogP) is 14.0. The van der Waals surface area contributed by atoms with E-state index in [1.807, 2.05) is 103 Å². The molecule has 0 saturated carbocycles. The smallest absolute Gasteiger partial charge is 0.211 e. The van der Waals surface area contributed by atoms with Gasteiger partial charge in [-0.1, -0.05) is 109 Å². The van der Waals surface area contributed by atoms with Crippen LogP contribution >= 0.6 is 0 Å². The van der Waals surface area contributed by atoms with Gasteiger partial charge in [0.25, 0.3) is 0 Å². The average Bonchev–Trinajstić information content (AvgIpc) is 3.97. The van der Waals surface area contributed by atoms with Gasteiger partial charge in [-0.25, -0.2) is 14.8 Å². The Morgan fingerprint density at radius 1 is 0.475 bits per heavy atom. The Morgan fingerprint density at radius 2 is 1.07 bits per heavy atom. The van der Waals surface area contributed by atoms with Crippen molar-refractivity contribution in [3.63, 3.8) is 0 Å². The molecule has 0 N–H and O–H groups in total. The van der Waals surface area contributed by atoms with Gasteiger partial charge in [0.05, 0.1) is 45.7 Å². The van der Waals surface area contributed by atoms with E-state index in [9.17, 15) is 5.26 Å². The van der Waals surface area contributed by atoms with Crippen LogP contribution in [0.2, 0.25) is 0 Å². The SMILES string of the molecule is [C-]#[N+]c1cc(-c2nc(-c3ccc4oc5ccccc5c4c3)nc(-c3ccccc3)c2C#N)ccc1-n1c2ccccc2c2cc3c4ccccc4n(-c4ccccc4)c3cc21. The van der Waals surface area contributed by atoms with Crippen LogP contribution in [0, 0.1) is 17.9 Å². The topological polar surface area (TPSA) is 76.9 Å². The number of fused-ring (bicyclic) bond motifs is 9. The summed E-state index contributed by atoms with van der Waals surface area (Å²) in [4.78, 5) is 14.3. The summed E-state index contributed by atoms with van der Waals surface area (Å²) in [6.45, 7) is 8.59. The molecule has 12 rings (SSSR count). The molecule has 0 unspecified atom stereocenters. The van der Waals surface area contributed by atoms with Crippen molar-refractivity contribution in [3.8, 4) is 51.3 Å². The molecule has 7 nitrogen and oxygen atoms in total. The van der Waals surface area contributed by atoms with Gasteiger partial charge in [0.1, 0.15) is 22.8 Å². The quantitative estimate of drug-likeness (QED) is 0.163. The maximum absolute atomic E-state index is 10.8. The molecule has 4 heterocycles. The molecule has 61 heavy (non-hydrogen) atoms. The van der Waals surface area contributed by atoms with Gasteiger partial charge < -0.3 is 13.6 Å². The van der Waals surface area contributed by atoms with E-state index < -0.39 is 0 Å². The summed E-state index contributed by atoms with van der Waals surface area (Å²) in [6.07, 6.45) is 0. The summed E-state index contributed by atoms with van der Waals surface area (Å²) >= 11 is 0. The van der Waals surface area contributed by atoms with Crippen LogP contribution < -0.4 is 0 Å². The van der Waals surface area contributed by atoms with Crippen LogP contribution in [0.4, 0.5) is 5.69 Å². The third-order valence-corrected chi connectivity index (χ3v) is 11.8. The highest BCUT2D eigenvalue weighted by molar-refractivity contribution is 6.19. The van der Waals surface area contributed by atoms with Gasteiger partial charge in [-0.2, -0.15) is 5.26 Å². The molecule has 7 heteroatoms. The molecule has 8 aromatic carbocycles. The highest BCUT2D eigenvalue weighted by Gasteiger charge is 2.23. The largest absolute Gasteiger partial charge is 0.456 e. The van der Waals surface area contributed by atoms with E-state index in [0.717, 1.165) is 82.7 Å². The lowest BCUT2D eigenvalue weighted by atomic mass is 9.99. The number of rotatable bonds is 5. The molecule has 282 valence electrons. The van der Waals surface area contributed by atoms with Crippen LogP contribution in [0.3, 0.4) is 0 Å². The highest BCUT2D eigenvalue weighted by atomic mass is 16.3. The van der Waals surface area contributed by atoms with Crippen LogP contribution in [-0.2, 0) is 0 Å². The average molecular weight is 779 g/mol. The summed E-state index contributed by atoms with van der Waals surface area (Å²) < 4.78 is 10.6. The van der Waals surface area contributed by atoms with Gasteiger partial charge in [0.15, 0.2) is 5.82 Å². The standard InChI is InChI=1S/C54H30N6O/c1-56-44-29-34(53-43(32-55)52(33-14-4-2-5-15-33)57-54(58-53)35-25-27-51-42(28-35)39-20-10-13-23-50(39)61-51)24-26-47(44)60-46-22-12-9-19-38(46)41-30-40-37-18-8-11-21-45(37)59(48(40)31-49(41)60)36-16-6-3-7-17-36/h2-31H. The van der Waals surface area contributed by atoms with Crippen LogP contribution in [0.15, 0.2) is 186 Å². The molecule has 0 aliphatic carbocycles. The fourth-order valence-electron chi connectivity index (χ4n) is 9.07. The van der Waals surface area contributed by atoms with Crippen LogP contribution in [-0.4, -0.2) is 19.1 Å². The van der Waals surface area contributed by atoms with E-state index in [4.69, 9.17) is 21.0 Å². The van der Waals surface area contributed by atoms with Crippen LogP contribution in [0.1, 0.15) is 5.56 Å². The van der Waals surface area contributed by atoms with Crippen molar-refractivity contribution in [2.24, 2.45) is 0 Å². The molecule has 0 radical (unpaired) electrons. The molecular formula is C54H30N6O. The number of aromatic nitrogens is 4. The van der Waals surface area contributed by atoms with E-state index >= 15 is 0 Å². The lowest BCUT2D eigenvalue weighted by Gasteiger charge is -2.15. The highest BCUT2D eigenvalue weighted by Crippen LogP contribution is 2.43. The van der Waals surface area contributed by atoms with Gasteiger partial charge in [-0.15, -0.1) is 0 Å². The predicted molar refractivity (Wildman–Crippen MR) is 245 cm³/mol. The van der Waals surface area contributed by atoms with Crippen molar-refractivity contribution in [1.82, 2.24) is 19.1 Å². The minimum atomic E-state index is 0.335. The van der Waals surface area contributed by atoms with Gasteiger partial charge in [-0.3, -0.25) is 0 Å². The second-order valence-corrected chi connectivity index (χ2v) is 15.1. The minimum absolute atomic E-state index is 0.335. The molecule has 4 aromatic heterocycles. The monoisotopic (exact) mass is 778 g/mol. The molecule has 0 atom stereocenters. The Balaban J connectivity index is 1.09. The van der Waals surface area contributed by atoms with Gasteiger partial charge >= 0.3 is 0 Å². The number of para-hydroxylation sites is 4. The zero-order valence-corrected chi connectivity index (χ0v) is 32.4. The second-order valence-electron chi connectivity index (χ2n) is 15.1. The summed E-state index contributed by atoms with van der Waals surface area (Å²) in [7, 11) is 0. The first-order valence-electron chi connectivity index (χ1n) is 20.0. The molecule has 0 aliphatic heterocycles. The number of hydrogen-bond donors (Lipinski definition) is 0. The maximum Gasteiger partial charge on any atom is 0.211 e. The van der Waals surface area contributed by atoms with E-state index in [1.165, 1.54) is 5.39 Å². The first kappa shape index (κ1) is 34.3. The number of furan rings is 1. The lowest BCUT2D eigenvalue weighted by molar-refractivity contribution is 0.669. The van der Waals surface area contributed by atoms with Crippen molar-refractivity contribution >= 4 is 71.2 Å². The van der Waals surface area contributed by atoms with Crippen molar-refractivity contribution < 1.29 is 4.42 Å². The van der Waals surface area contributed by atoms with Crippen molar-refractivity contribution in [2.45, 2.75) is 0 Å². The fourth-order valence-corrected chi connectivity index (χ4v) is 9.07. The number of nitrogens with zero attached hydrogens (tertiary/aromatic N) is 6. The summed E-state index contributed by atoms with van der Waals surface area (Å²) in [5.74, 6) is 0.466. The van der Waals surface area contributed by atoms with E-state index in [-0.39, 0.29) is 0 Å². The Morgan fingerprint density at radius 3 is 1.79 bits per heavy atom. The molecule has 0 bridgehead atoms. The fraction of sp³-hybridized carbons (Fsp3) is 0. The van der Waals surface area contributed by atoms with E-state index in [1.54, 1.807) is 0 Å². The first-order chi connectivity index (χ1) is 30.2. The summed E-state index contributed by atoms with van der Waals surface area (Å²) in [5.41, 5.74) is 11.5. The Hall–Kier alpha value is -8.78. The van der Waals surface area contributed by atoms with Crippen LogP contribution in [0.5, 0.6) is 0 Å². The second kappa shape index (κ2) is 13.4. The Bertz CT molecular complexity index is 3840. The molecule has 0 spiro atoms. The third kappa shape index (κ3) is 5.22. The minimum Gasteiger partial charge on any atom is -0.456 e. The zero-order chi connectivity index (χ0) is 40.6. The molecule has 0 amide bonds. The third-order valence-electron chi connectivity index (χ3n) is 11.8. The van der Waals surface area contributed by atoms with Crippen molar-refractivity contribution in [3.05, 3.63) is 199 Å². The van der Waals surface area contributed by atoms with Crippen LogP contribution in [0.25, 0.3) is 116 Å². The van der Waals surface area contributed by atoms with Gasteiger partial charge in [-0.05, 0) is 78.4 Å². The molecule has 0 fully saturated rings. The molecule has 0 aliphatic rings. The van der Waals surface area contributed by atoms with Gasteiger partial charge in [0, 0.05) is 49.1 Å². The Labute approximate surface area is 349 Å². The van der Waals surface area contributed by atoms with E-state index in [2.05, 4.69) is 98.9 Å². The zero-order valence-electron chi connectivity index (χ0n) is 32.4. The van der Waals surface area contributed by atoms with Crippen molar-refractivity contribution in [1.29, 1.82) is 5.26 Å². The normalized spacial score (nSPS) is 11.6.